The van der Waals surface area contributed by atoms with E-state index in [0.717, 1.165) is 6.21 Å². The van der Waals surface area contributed by atoms with Crippen molar-refractivity contribution >= 4 is 29.7 Å². The predicted octanol–water partition coefficient (Wildman–Crippen LogP) is 2.27. The molecule has 0 aliphatic rings. The Balaban J connectivity index is 2.91. The molecule has 7 heteroatoms. The Morgan fingerprint density at radius 1 is 1.30 bits per heavy atom. The van der Waals surface area contributed by atoms with Crippen molar-refractivity contribution in [3.63, 3.8) is 0 Å². The molecular formula is C20H23N5O2. The van der Waals surface area contributed by atoms with Crippen LogP contribution in [0.25, 0.3) is 11.6 Å². The van der Waals surface area contributed by atoms with Gasteiger partial charge in [0.25, 0.3) is 0 Å². The molecule has 0 aliphatic heterocycles. The van der Waals surface area contributed by atoms with Gasteiger partial charge in [0.2, 0.25) is 11.8 Å². The Bertz CT molecular complexity index is 833. The van der Waals surface area contributed by atoms with Crippen molar-refractivity contribution in [3.05, 3.63) is 78.1 Å². The molecule has 0 aromatic carbocycles. The van der Waals surface area contributed by atoms with Gasteiger partial charge in [-0.05, 0) is 42.9 Å². The smallest absolute Gasteiger partial charge is 0.248 e. The van der Waals surface area contributed by atoms with E-state index in [2.05, 4.69) is 15.6 Å². The van der Waals surface area contributed by atoms with E-state index in [9.17, 15) is 9.59 Å². The standard InChI is InChI=1S/C20H23N5O2/c1-3-5-18(6-4-10-24-15(2)26)25-20(27)8-7-16-14-23-11-9-19(16)17(12-21)13-22/h3-14,21H,22H2,1-2H3,(H,24,26)(H,25,27)/b5-3-,8-7+,10-4+,17-13+,18-6+,21-12?. The molecule has 0 saturated carbocycles. The molecule has 1 heterocycles. The lowest BCUT2D eigenvalue weighted by atomic mass is 10.0. The summed E-state index contributed by atoms with van der Waals surface area (Å²) in [5, 5.41) is 12.7. The number of pyridine rings is 1. The summed E-state index contributed by atoms with van der Waals surface area (Å²) in [6.07, 6.45) is 16.9. The third-order valence-electron chi connectivity index (χ3n) is 3.18. The number of rotatable bonds is 8. The number of allylic oxidation sites excluding steroid dienone is 5. The maximum Gasteiger partial charge on any atom is 0.248 e. The largest absolute Gasteiger partial charge is 0.404 e. The molecule has 1 aromatic rings. The number of aromatic nitrogens is 1. The average Bonchev–Trinajstić information content (AvgIpc) is 2.65. The lowest BCUT2D eigenvalue weighted by Gasteiger charge is -2.05. The zero-order valence-electron chi connectivity index (χ0n) is 15.3. The predicted molar refractivity (Wildman–Crippen MR) is 108 cm³/mol. The SMILES string of the molecule is C\C=C/C(=C\C=C\NC(C)=O)NC(=O)/C=C/c1cnccc1/C(C=N)=C/N. The molecule has 0 unspecified atom stereocenters. The summed E-state index contributed by atoms with van der Waals surface area (Å²) in [6, 6.07) is 1.72. The first kappa shape index (κ1) is 21.3. The molecule has 0 bridgehead atoms. The minimum absolute atomic E-state index is 0.178. The summed E-state index contributed by atoms with van der Waals surface area (Å²) in [6.45, 7) is 3.23. The summed E-state index contributed by atoms with van der Waals surface area (Å²) in [7, 11) is 0. The lowest BCUT2D eigenvalue weighted by Crippen LogP contribution is -2.19. The molecule has 7 nitrogen and oxygen atoms in total. The van der Waals surface area contributed by atoms with Crippen molar-refractivity contribution in [2.45, 2.75) is 13.8 Å². The first-order chi connectivity index (χ1) is 13.0. The van der Waals surface area contributed by atoms with E-state index in [1.54, 1.807) is 48.8 Å². The molecule has 0 atom stereocenters. The number of amides is 2. The van der Waals surface area contributed by atoms with Gasteiger partial charge in [-0.2, -0.15) is 0 Å². The molecule has 1 aromatic heterocycles. The second-order valence-electron chi connectivity index (χ2n) is 5.23. The highest BCUT2D eigenvalue weighted by Crippen LogP contribution is 2.17. The Hall–Kier alpha value is -3.74. The van der Waals surface area contributed by atoms with Crippen LogP contribution in [0.15, 0.2) is 66.9 Å². The van der Waals surface area contributed by atoms with Gasteiger partial charge in [0.05, 0.1) is 0 Å². The summed E-state index contributed by atoms with van der Waals surface area (Å²) < 4.78 is 0. The van der Waals surface area contributed by atoms with Crippen LogP contribution in [0.3, 0.4) is 0 Å². The van der Waals surface area contributed by atoms with E-state index >= 15 is 0 Å². The molecule has 27 heavy (non-hydrogen) atoms. The third-order valence-corrected chi connectivity index (χ3v) is 3.18. The fraction of sp³-hybridized carbons (Fsp3) is 0.100. The van der Waals surface area contributed by atoms with Gasteiger partial charge in [-0.1, -0.05) is 6.08 Å². The Kier molecular flexibility index (Phi) is 9.27. The van der Waals surface area contributed by atoms with Crippen LogP contribution in [0.1, 0.15) is 25.0 Å². The van der Waals surface area contributed by atoms with Gasteiger partial charge in [0.15, 0.2) is 0 Å². The number of hydrogen-bond donors (Lipinski definition) is 4. The summed E-state index contributed by atoms with van der Waals surface area (Å²) in [4.78, 5) is 27.1. The first-order valence-corrected chi connectivity index (χ1v) is 8.14. The molecule has 0 fully saturated rings. The molecule has 5 N–H and O–H groups in total. The van der Waals surface area contributed by atoms with E-state index in [1.807, 2.05) is 6.92 Å². The number of nitrogens with two attached hydrogens (primary N) is 1. The quantitative estimate of drug-likeness (QED) is 0.321. The van der Waals surface area contributed by atoms with Crippen molar-refractivity contribution < 1.29 is 9.59 Å². The van der Waals surface area contributed by atoms with Crippen molar-refractivity contribution in [1.29, 1.82) is 5.41 Å². The van der Waals surface area contributed by atoms with E-state index in [4.69, 9.17) is 11.1 Å². The van der Waals surface area contributed by atoms with Crippen molar-refractivity contribution in [2.24, 2.45) is 5.73 Å². The molecule has 0 saturated heterocycles. The normalized spacial score (nSPS) is 12.7. The summed E-state index contributed by atoms with van der Waals surface area (Å²) in [5.74, 6) is -0.516. The van der Waals surface area contributed by atoms with Gasteiger partial charge >= 0.3 is 0 Å². The maximum atomic E-state index is 12.2. The Morgan fingerprint density at radius 3 is 2.70 bits per heavy atom. The van der Waals surface area contributed by atoms with Gasteiger partial charge in [0, 0.05) is 60.8 Å². The van der Waals surface area contributed by atoms with E-state index < -0.39 is 0 Å². The van der Waals surface area contributed by atoms with Crippen LogP contribution >= 0.6 is 0 Å². The van der Waals surface area contributed by atoms with Crippen LogP contribution in [0.2, 0.25) is 0 Å². The second-order valence-corrected chi connectivity index (χ2v) is 5.23. The number of nitrogens with zero attached hydrogens (tertiary/aromatic N) is 1. The average molecular weight is 365 g/mol. The fourth-order valence-electron chi connectivity index (χ4n) is 2.00. The van der Waals surface area contributed by atoms with Crippen LogP contribution in [-0.4, -0.2) is 23.0 Å². The maximum absolute atomic E-state index is 12.2. The van der Waals surface area contributed by atoms with Crippen molar-refractivity contribution in [2.75, 3.05) is 0 Å². The van der Waals surface area contributed by atoms with Crippen LogP contribution in [0.4, 0.5) is 0 Å². The Morgan fingerprint density at radius 2 is 2.07 bits per heavy atom. The number of nitrogens with one attached hydrogen (secondary N) is 3. The van der Waals surface area contributed by atoms with Crippen LogP contribution < -0.4 is 16.4 Å². The first-order valence-electron chi connectivity index (χ1n) is 8.14. The van der Waals surface area contributed by atoms with Crippen molar-refractivity contribution in [1.82, 2.24) is 15.6 Å². The fourth-order valence-corrected chi connectivity index (χ4v) is 2.00. The van der Waals surface area contributed by atoms with Gasteiger partial charge in [-0.25, -0.2) is 0 Å². The number of hydrogen-bond acceptors (Lipinski definition) is 5. The minimum atomic E-state index is -0.338. The molecule has 0 spiro atoms. The highest BCUT2D eigenvalue weighted by atomic mass is 16.2. The molecule has 2 amide bonds. The summed E-state index contributed by atoms with van der Waals surface area (Å²) in [5.41, 5.74) is 7.98. The minimum Gasteiger partial charge on any atom is -0.404 e. The zero-order chi connectivity index (χ0) is 20.1. The molecule has 1 rings (SSSR count). The number of carbonyl (C=O) groups is 2. The molecular weight excluding hydrogens is 342 g/mol. The zero-order valence-corrected chi connectivity index (χ0v) is 15.3. The van der Waals surface area contributed by atoms with Gasteiger partial charge in [0.1, 0.15) is 0 Å². The second kappa shape index (κ2) is 11.8. The molecule has 0 radical (unpaired) electrons. The summed E-state index contributed by atoms with van der Waals surface area (Å²) >= 11 is 0. The van der Waals surface area contributed by atoms with Crippen LogP contribution in [-0.2, 0) is 9.59 Å². The van der Waals surface area contributed by atoms with Crippen molar-refractivity contribution in [3.8, 4) is 0 Å². The Labute approximate surface area is 158 Å². The van der Waals surface area contributed by atoms with Gasteiger partial charge < -0.3 is 21.8 Å². The van der Waals surface area contributed by atoms with Crippen LogP contribution in [0.5, 0.6) is 0 Å². The monoisotopic (exact) mass is 365 g/mol. The lowest BCUT2D eigenvalue weighted by molar-refractivity contribution is -0.118. The van der Waals surface area contributed by atoms with E-state index in [-0.39, 0.29) is 11.8 Å². The highest BCUT2D eigenvalue weighted by Gasteiger charge is 2.04. The number of carbonyl (C=O) groups excluding carboxylic acids is 2. The molecule has 140 valence electrons. The highest BCUT2D eigenvalue weighted by molar-refractivity contribution is 6.09. The molecule has 0 aliphatic carbocycles. The van der Waals surface area contributed by atoms with Crippen LogP contribution in [0, 0.1) is 5.41 Å². The van der Waals surface area contributed by atoms with Gasteiger partial charge in [-0.15, -0.1) is 0 Å². The van der Waals surface area contributed by atoms with Gasteiger partial charge in [-0.3, -0.25) is 14.6 Å². The van der Waals surface area contributed by atoms with E-state index in [1.165, 1.54) is 25.4 Å². The topological polar surface area (TPSA) is 121 Å². The third kappa shape index (κ3) is 7.78. The van der Waals surface area contributed by atoms with E-state index in [0.29, 0.717) is 22.4 Å².